The summed E-state index contributed by atoms with van der Waals surface area (Å²) in [6.07, 6.45) is 3.00. The van der Waals surface area contributed by atoms with E-state index in [1.807, 2.05) is 27.0 Å². The summed E-state index contributed by atoms with van der Waals surface area (Å²) >= 11 is 1.46. The molecular formula is C20H38N4O6S. The molecule has 0 aromatic rings. The summed E-state index contributed by atoms with van der Waals surface area (Å²) in [7, 11) is 0. The van der Waals surface area contributed by atoms with Crippen molar-refractivity contribution in [1.82, 2.24) is 16.0 Å². The predicted octanol–water partition coefficient (Wildman–Crippen LogP) is -0.310. The number of carboxylic acid groups (broad SMARTS) is 1. The van der Waals surface area contributed by atoms with Gasteiger partial charge in [-0.3, -0.25) is 14.4 Å². The number of carbonyl (C=O) groups is 4. The molecule has 5 unspecified atom stereocenters. The maximum atomic E-state index is 12.7. The summed E-state index contributed by atoms with van der Waals surface area (Å²) in [4.78, 5) is 49.0. The van der Waals surface area contributed by atoms with Crippen LogP contribution in [0.3, 0.4) is 0 Å². The molecule has 5 atom stereocenters. The molecule has 180 valence electrons. The summed E-state index contributed by atoms with van der Waals surface area (Å²) in [5.74, 6) is -2.64. The zero-order valence-electron chi connectivity index (χ0n) is 19.0. The number of rotatable bonds is 15. The Labute approximate surface area is 188 Å². The Morgan fingerprint density at radius 2 is 1.45 bits per heavy atom. The number of aliphatic hydroxyl groups excluding tert-OH is 1. The molecule has 0 aliphatic rings. The van der Waals surface area contributed by atoms with Gasteiger partial charge in [0.1, 0.15) is 18.1 Å². The molecule has 0 rings (SSSR count). The van der Waals surface area contributed by atoms with Crippen molar-refractivity contribution in [3.05, 3.63) is 0 Å². The van der Waals surface area contributed by atoms with Gasteiger partial charge in [-0.25, -0.2) is 4.79 Å². The van der Waals surface area contributed by atoms with E-state index in [0.717, 1.165) is 0 Å². The molecule has 0 aromatic carbocycles. The number of hydrogen-bond acceptors (Lipinski definition) is 7. The average molecular weight is 463 g/mol. The van der Waals surface area contributed by atoms with E-state index >= 15 is 0 Å². The summed E-state index contributed by atoms with van der Waals surface area (Å²) in [6, 6.07) is -4.21. The van der Waals surface area contributed by atoms with Crippen LogP contribution < -0.4 is 21.7 Å². The number of carbonyl (C=O) groups excluding carboxylic acids is 3. The molecule has 31 heavy (non-hydrogen) atoms. The maximum absolute atomic E-state index is 12.7. The third kappa shape index (κ3) is 10.8. The first-order valence-corrected chi connectivity index (χ1v) is 11.9. The van der Waals surface area contributed by atoms with Crippen LogP contribution in [0.4, 0.5) is 0 Å². The van der Waals surface area contributed by atoms with Gasteiger partial charge in [-0.1, -0.05) is 34.1 Å². The smallest absolute Gasteiger partial charge is 0.326 e. The van der Waals surface area contributed by atoms with E-state index in [2.05, 4.69) is 16.0 Å². The van der Waals surface area contributed by atoms with E-state index in [9.17, 15) is 29.4 Å². The SMILES string of the molecule is CCC(C)C(N)C(=O)NC(CO)C(=O)NC(CCSC)C(=O)NC(CC(C)C)C(=O)O. The van der Waals surface area contributed by atoms with Crippen molar-refractivity contribution >= 4 is 35.5 Å². The molecule has 3 amide bonds. The van der Waals surface area contributed by atoms with E-state index in [4.69, 9.17) is 5.73 Å². The van der Waals surface area contributed by atoms with Crippen LogP contribution in [0.25, 0.3) is 0 Å². The minimum atomic E-state index is -1.28. The number of thioether (sulfide) groups is 1. The number of nitrogens with one attached hydrogen (secondary N) is 3. The Morgan fingerprint density at radius 3 is 1.90 bits per heavy atom. The molecule has 0 bridgehead atoms. The Balaban J connectivity index is 5.25. The maximum Gasteiger partial charge on any atom is 0.326 e. The first-order chi connectivity index (χ1) is 14.5. The Hall–Kier alpha value is -1.85. The van der Waals surface area contributed by atoms with Gasteiger partial charge in [0.05, 0.1) is 12.6 Å². The highest BCUT2D eigenvalue weighted by atomic mass is 32.2. The Morgan fingerprint density at radius 1 is 0.935 bits per heavy atom. The van der Waals surface area contributed by atoms with Crippen molar-refractivity contribution in [3.63, 3.8) is 0 Å². The lowest BCUT2D eigenvalue weighted by molar-refractivity contribution is -0.142. The standard InChI is InChI=1S/C20H38N4O6S/c1-6-12(4)16(21)19(28)24-15(10-25)18(27)22-13(7-8-31-5)17(26)23-14(20(29)30)9-11(2)3/h11-16,25H,6-10,21H2,1-5H3,(H,22,27)(H,23,26)(H,24,28)(H,29,30). The summed E-state index contributed by atoms with van der Waals surface area (Å²) in [5, 5.41) is 26.3. The average Bonchev–Trinajstić information content (AvgIpc) is 2.72. The van der Waals surface area contributed by atoms with Crippen molar-refractivity contribution in [1.29, 1.82) is 0 Å². The number of aliphatic carboxylic acids is 1. The molecule has 0 radical (unpaired) electrons. The molecule has 10 nitrogen and oxygen atoms in total. The van der Waals surface area contributed by atoms with Crippen molar-refractivity contribution in [2.45, 2.75) is 71.1 Å². The second kappa shape index (κ2) is 15.0. The molecule has 11 heteroatoms. The summed E-state index contributed by atoms with van der Waals surface area (Å²) in [5.41, 5.74) is 5.86. The van der Waals surface area contributed by atoms with Crippen molar-refractivity contribution < 1.29 is 29.4 Å². The molecule has 0 fully saturated rings. The van der Waals surface area contributed by atoms with Gasteiger partial charge in [0.15, 0.2) is 0 Å². The minimum absolute atomic E-state index is 0.0457. The van der Waals surface area contributed by atoms with Crippen LogP contribution >= 0.6 is 11.8 Å². The molecule has 0 aromatic heterocycles. The highest BCUT2D eigenvalue weighted by molar-refractivity contribution is 7.98. The van der Waals surface area contributed by atoms with Gasteiger partial charge < -0.3 is 31.9 Å². The normalized spacial score (nSPS) is 16.0. The highest BCUT2D eigenvalue weighted by Crippen LogP contribution is 2.08. The zero-order chi connectivity index (χ0) is 24.1. The van der Waals surface area contributed by atoms with Crippen LogP contribution in [0.2, 0.25) is 0 Å². The fourth-order valence-electron chi connectivity index (χ4n) is 2.72. The molecule has 0 saturated carbocycles. The number of nitrogens with two attached hydrogens (primary N) is 1. The molecule has 0 spiro atoms. The van der Waals surface area contributed by atoms with E-state index in [1.165, 1.54) is 11.8 Å². The highest BCUT2D eigenvalue weighted by Gasteiger charge is 2.30. The second-order valence-electron chi connectivity index (χ2n) is 8.03. The lowest BCUT2D eigenvalue weighted by atomic mass is 9.99. The quantitative estimate of drug-likeness (QED) is 0.192. The van der Waals surface area contributed by atoms with Crippen LogP contribution in [0.15, 0.2) is 0 Å². The molecular weight excluding hydrogens is 424 g/mol. The monoisotopic (exact) mass is 462 g/mol. The number of carboxylic acids is 1. The van der Waals surface area contributed by atoms with Gasteiger partial charge in [0.2, 0.25) is 17.7 Å². The fourth-order valence-corrected chi connectivity index (χ4v) is 3.19. The topological polar surface area (TPSA) is 171 Å². The largest absolute Gasteiger partial charge is 0.480 e. The van der Waals surface area contributed by atoms with Crippen molar-refractivity contribution in [2.75, 3.05) is 18.6 Å². The van der Waals surface area contributed by atoms with Crippen molar-refractivity contribution in [3.8, 4) is 0 Å². The van der Waals surface area contributed by atoms with Crippen molar-refractivity contribution in [2.24, 2.45) is 17.6 Å². The third-order valence-electron chi connectivity index (χ3n) is 4.94. The van der Waals surface area contributed by atoms with Crippen LogP contribution in [0, 0.1) is 11.8 Å². The van der Waals surface area contributed by atoms with Gasteiger partial charge >= 0.3 is 5.97 Å². The number of hydrogen-bond donors (Lipinski definition) is 6. The predicted molar refractivity (Wildman–Crippen MR) is 120 cm³/mol. The molecule has 0 heterocycles. The summed E-state index contributed by atoms with van der Waals surface area (Å²) in [6.45, 7) is 6.69. The van der Waals surface area contributed by atoms with Crippen LogP contribution in [-0.2, 0) is 19.2 Å². The molecule has 0 aliphatic carbocycles. The van der Waals surface area contributed by atoms with Crippen LogP contribution in [-0.4, -0.2) is 76.7 Å². The first kappa shape index (κ1) is 29.1. The Bertz CT molecular complexity index is 604. The van der Waals surface area contributed by atoms with E-state index < -0.39 is 54.5 Å². The number of aliphatic hydroxyl groups is 1. The lowest BCUT2D eigenvalue weighted by Crippen LogP contribution is -2.58. The first-order valence-electron chi connectivity index (χ1n) is 10.5. The second-order valence-corrected chi connectivity index (χ2v) is 9.01. The number of amides is 3. The van der Waals surface area contributed by atoms with E-state index in [1.54, 1.807) is 6.92 Å². The zero-order valence-corrected chi connectivity index (χ0v) is 19.8. The van der Waals surface area contributed by atoms with E-state index in [-0.39, 0.29) is 24.7 Å². The third-order valence-corrected chi connectivity index (χ3v) is 5.58. The summed E-state index contributed by atoms with van der Waals surface area (Å²) < 4.78 is 0. The van der Waals surface area contributed by atoms with Gasteiger partial charge in [-0.15, -0.1) is 0 Å². The molecule has 0 aliphatic heterocycles. The molecule has 7 N–H and O–H groups in total. The Kier molecular flexibility index (Phi) is 14.1. The molecule has 0 saturated heterocycles. The fraction of sp³-hybridized carbons (Fsp3) is 0.800. The van der Waals surface area contributed by atoms with Gasteiger partial charge in [-0.05, 0) is 36.7 Å². The van der Waals surface area contributed by atoms with Gasteiger partial charge in [0.25, 0.3) is 0 Å². The lowest BCUT2D eigenvalue weighted by Gasteiger charge is -2.25. The van der Waals surface area contributed by atoms with Crippen LogP contribution in [0.1, 0.15) is 47.0 Å². The van der Waals surface area contributed by atoms with Gasteiger partial charge in [-0.2, -0.15) is 11.8 Å². The van der Waals surface area contributed by atoms with Gasteiger partial charge in [0, 0.05) is 0 Å². The van der Waals surface area contributed by atoms with E-state index in [0.29, 0.717) is 12.2 Å². The minimum Gasteiger partial charge on any atom is -0.480 e. The van der Waals surface area contributed by atoms with Crippen LogP contribution in [0.5, 0.6) is 0 Å².